The fraction of sp³-hybridized carbons (Fsp3) is 0.188. The summed E-state index contributed by atoms with van der Waals surface area (Å²) in [5.41, 5.74) is 0.260. The number of nitrogens with zero attached hydrogens (tertiary/aromatic N) is 1. The second kappa shape index (κ2) is 8.00. The molecule has 0 heterocycles. The van der Waals surface area contributed by atoms with Crippen molar-refractivity contribution in [1.29, 1.82) is 0 Å². The molecule has 0 radical (unpaired) electrons. The quantitative estimate of drug-likeness (QED) is 0.624. The van der Waals surface area contributed by atoms with Gasteiger partial charge in [-0.2, -0.15) is 0 Å². The van der Waals surface area contributed by atoms with E-state index in [0.717, 1.165) is 8.78 Å². The number of carbonyl (C=O) groups excluding carboxylic acids is 1. The molecule has 0 saturated carbocycles. The first kappa shape index (κ1) is 18.8. The van der Waals surface area contributed by atoms with Gasteiger partial charge in [0.05, 0.1) is 17.2 Å². The summed E-state index contributed by atoms with van der Waals surface area (Å²) in [6.45, 7) is 1.65. The molecule has 2 aromatic rings. The van der Waals surface area contributed by atoms with Crippen molar-refractivity contribution in [3.05, 3.63) is 53.0 Å². The number of benzene rings is 2. The van der Waals surface area contributed by atoms with Crippen LogP contribution in [-0.2, 0) is 14.8 Å². The number of hydrogen-bond acceptors (Lipinski definition) is 4. The lowest BCUT2D eigenvalue weighted by molar-refractivity contribution is -0.110. The maximum atomic E-state index is 13.0. The molecule has 0 spiro atoms. The van der Waals surface area contributed by atoms with Crippen molar-refractivity contribution in [3.63, 3.8) is 0 Å². The Labute approximate surface area is 154 Å². The highest BCUT2D eigenvalue weighted by atomic mass is 79.9. The maximum Gasteiger partial charge on any atom is 0.264 e. The van der Waals surface area contributed by atoms with Crippen LogP contribution in [0.2, 0.25) is 0 Å². The van der Waals surface area contributed by atoms with Gasteiger partial charge in [0.2, 0.25) is 5.24 Å². The Morgan fingerprint density at radius 2 is 1.79 bits per heavy atom. The molecular weight excluding hydrogens is 418 g/mol. The number of ether oxygens (including phenoxy) is 1. The van der Waals surface area contributed by atoms with Crippen LogP contribution in [-0.4, -0.2) is 26.8 Å². The molecular formula is C16H15BrClNO4S. The van der Waals surface area contributed by atoms with Crippen LogP contribution in [0.4, 0.5) is 5.69 Å². The molecule has 0 aromatic heterocycles. The highest BCUT2D eigenvalue weighted by Gasteiger charge is 2.28. The third-order valence-electron chi connectivity index (χ3n) is 3.10. The summed E-state index contributed by atoms with van der Waals surface area (Å²) in [6.07, 6.45) is 0. The lowest BCUT2D eigenvalue weighted by Crippen LogP contribution is -2.34. The fourth-order valence-electron chi connectivity index (χ4n) is 2.09. The van der Waals surface area contributed by atoms with E-state index in [9.17, 15) is 13.2 Å². The second-order valence-electron chi connectivity index (χ2n) is 4.72. The van der Waals surface area contributed by atoms with Crippen LogP contribution in [0, 0.1) is 0 Å². The number of anilines is 1. The van der Waals surface area contributed by atoms with E-state index >= 15 is 0 Å². The number of hydrogen-bond donors (Lipinski definition) is 0. The molecule has 0 aliphatic carbocycles. The zero-order valence-electron chi connectivity index (χ0n) is 12.8. The zero-order valence-corrected chi connectivity index (χ0v) is 15.9. The van der Waals surface area contributed by atoms with E-state index in [1.165, 1.54) is 12.1 Å². The van der Waals surface area contributed by atoms with E-state index in [1.54, 1.807) is 43.3 Å². The minimum Gasteiger partial charge on any atom is -0.492 e. The van der Waals surface area contributed by atoms with Gasteiger partial charge in [-0.05, 0) is 54.9 Å². The minimum atomic E-state index is -3.98. The molecule has 0 atom stereocenters. The van der Waals surface area contributed by atoms with Crippen molar-refractivity contribution < 1.29 is 17.9 Å². The van der Waals surface area contributed by atoms with Gasteiger partial charge >= 0.3 is 0 Å². The van der Waals surface area contributed by atoms with E-state index in [4.69, 9.17) is 16.3 Å². The highest BCUT2D eigenvalue weighted by Crippen LogP contribution is 2.32. The molecule has 0 amide bonds. The summed E-state index contributed by atoms with van der Waals surface area (Å²) in [7, 11) is -3.98. The number of sulfonamides is 1. The second-order valence-corrected chi connectivity index (χ2v) is 7.92. The van der Waals surface area contributed by atoms with E-state index in [-0.39, 0.29) is 10.6 Å². The van der Waals surface area contributed by atoms with E-state index in [1.807, 2.05) is 0 Å². The maximum absolute atomic E-state index is 13.0. The van der Waals surface area contributed by atoms with E-state index in [2.05, 4.69) is 15.9 Å². The summed E-state index contributed by atoms with van der Waals surface area (Å²) in [5, 5.41) is -0.790. The first-order valence-electron chi connectivity index (χ1n) is 7.04. The molecule has 8 heteroatoms. The molecule has 128 valence electrons. The summed E-state index contributed by atoms with van der Waals surface area (Å²) < 4.78 is 33.1. The van der Waals surface area contributed by atoms with Gasteiger partial charge < -0.3 is 4.74 Å². The van der Waals surface area contributed by atoms with Crippen molar-refractivity contribution in [2.24, 2.45) is 0 Å². The normalized spacial score (nSPS) is 11.1. The predicted molar refractivity (Wildman–Crippen MR) is 97.1 cm³/mol. The smallest absolute Gasteiger partial charge is 0.264 e. The van der Waals surface area contributed by atoms with Crippen LogP contribution < -0.4 is 9.04 Å². The van der Waals surface area contributed by atoms with Crippen molar-refractivity contribution in [1.82, 2.24) is 0 Å². The lowest BCUT2D eigenvalue weighted by atomic mass is 10.3. The third-order valence-corrected chi connectivity index (χ3v) is 5.53. The van der Waals surface area contributed by atoms with Crippen LogP contribution in [0.15, 0.2) is 57.9 Å². The van der Waals surface area contributed by atoms with Crippen LogP contribution in [0.1, 0.15) is 6.92 Å². The van der Waals surface area contributed by atoms with Gasteiger partial charge in [-0.25, -0.2) is 8.42 Å². The molecule has 0 aliphatic heterocycles. The van der Waals surface area contributed by atoms with Gasteiger partial charge in [0.15, 0.2) is 0 Å². The molecule has 0 N–H and O–H groups in total. The number of rotatable bonds is 7. The van der Waals surface area contributed by atoms with Gasteiger partial charge in [0.1, 0.15) is 12.3 Å². The largest absolute Gasteiger partial charge is 0.492 e. The average molecular weight is 433 g/mol. The molecule has 0 fully saturated rings. The molecule has 0 bridgehead atoms. The standard InChI is InChI=1S/C16H15BrClNO4S/c1-2-23-15-6-4-3-5-14(15)19(11-16(18)20)24(21,22)13-9-7-12(17)8-10-13/h3-10H,2,11H2,1H3. The molecule has 24 heavy (non-hydrogen) atoms. The zero-order chi connectivity index (χ0) is 17.7. The SMILES string of the molecule is CCOc1ccccc1N(CC(=O)Cl)S(=O)(=O)c1ccc(Br)cc1. The fourth-order valence-corrected chi connectivity index (χ4v) is 3.97. The van der Waals surface area contributed by atoms with Gasteiger partial charge in [-0.3, -0.25) is 9.10 Å². The van der Waals surface area contributed by atoms with Gasteiger partial charge in [-0.15, -0.1) is 0 Å². The number of para-hydroxylation sites is 2. The van der Waals surface area contributed by atoms with Crippen LogP contribution in [0.5, 0.6) is 5.75 Å². The number of carbonyl (C=O) groups is 1. The summed E-state index contributed by atoms with van der Waals surface area (Å²) >= 11 is 8.74. The monoisotopic (exact) mass is 431 g/mol. The Morgan fingerprint density at radius 3 is 2.38 bits per heavy atom. The topological polar surface area (TPSA) is 63.7 Å². The Bertz CT molecular complexity index is 824. The number of halogens is 2. The van der Waals surface area contributed by atoms with Crippen molar-refractivity contribution >= 4 is 48.5 Å². The summed E-state index contributed by atoms with van der Waals surface area (Å²) in [6, 6.07) is 12.7. The van der Waals surface area contributed by atoms with Gasteiger partial charge in [-0.1, -0.05) is 28.1 Å². The summed E-state index contributed by atoms with van der Waals surface area (Å²) in [4.78, 5) is 11.5. The van der Waals surface area contributed by atoms with Crippen molar-refractivity contribution in [2.45, 2.75) is 11.8 Å². The Balaban J connectivity index is 2.57. The van der Waals surface area contributed by atoms with E-state index < -0.39 is 21.8 Å². The van der Waals surface area contributed by atoms with E-state index in [0.29, 0.717) is 12.4 Å². The summed E-state index contributed by atoms with van der Waals surface area (Å²) in [5.74, 6) is 0.360. The lowest BCUT2D eigenvalue weighted by Gasteiger charge is -2.25. The first-order chi connectivity index (χ1) is 11.4. The molecule has 0 aliphatic rings. The molecule has 0 unspecified atom stereocenters. The van der Waals surface area contributed by atoms with Crippen LogP contribution in [0.25, 0.3) is 0 Å². The van der Waals surface area contributed by atoms with Gasteiger partial charge in [0.25, 0.3) is 10.0 Å². The first-order valence-corrected chi connectivity index (χ1v) is 9.66. The molecule has 2 aromatic carbocycles. The Kier molecular flexibility index (Phi) is 6.26. The van der Waals surface area contributed by atoms with Crippen LogP contribution in [0.3, 0.4) is 0 Å². The highest BCUT2D eigenvalue weighted by molar-refractivity contribution is 9.10. The Morgan fingerprint density at radius 1 is 1.17 bits per heavy atom. The molecule has 5 nitrogen and oxygen atoms in total. The Hall–Kier alpha value is -1.57. The van der Waals surface area contributed by atoms with Crippen molar-refractivity contribution in [2.75, 3.05) is 17.5 Å². The minimum absolute atomic E-state index is 0.0509. The average Bonchev–Trinajstić information content (AvgIpc) is 2.54. The third kappa shape index (κ3) is 4.28. The molecule has 0 saturated heterocycles. The van der Waals surface area contributed by atoms with Crippen LogP contribution >= 0.6 is 27.5 Å². The van der Waals surface area contributed by atoms with Gasteiger partial charge in [0, 0.05) is 4.47 Å². The molecule has 2 rings (SSSR count). The predicted octanol–water partition coefficient (Wildman–Crippen LogP) is 3.81. The van der Waals surface area contributed by atoms with Crippen molar-refractivity contribution in [3.8, 4) is 5.75 Å².